The molecule has 98 valence electrons. The van der Waals surface area contributed by atoms with Gasteiger partial charge < -0.3 is 10.5 Å². The molecule has 2 N–H and O–H groups in total. The molecule has 0 aliphatic rings. The van der Waals surface area contributed by atoms with Crippen molar-refractivity contribution in [2.24, 2.45) is 0 Å². The van der Waals surface area contributed by atoms with Gasteiger partial charge in [-0.1, -0.05) is 11.6 Å². The minimum Gasteiger partial charge on any atom is -0.494 e. The second-order valence-corrected chi connectivity index (χ2v) is 4.35. The summed E-state index contributed by atoms with van der Waals surface area (Å²) < 4.78 is 18.4. The number of halogens is 2. The number of ketones is 1. The van der Waals surface area contributed by atoms with Gasteiger partial charge in [-0.3, -0.25) is 4.79 Å². The molecule has 0 spiro atoms. The highest BCUT2D eigenvalue weighted by atomic mass is 35.5. The van der Waals surface area contributed by atoms with Crippen LogP contribution in [0.3, 0.4) is 0 Å². The quantitative estimate of drug-likeness (QED) is 0.693. The predicted octanol–water partition coefficient (Wildman–Crippen LogP) is 3.30. The van der Waals surface area contributed by atoms with Crippen molar-refractivity contribution < 1.29 is 13.9 Å². The highest BCUT2D eigenvalue weighted by molar-refractivity contribution is 6.31. The third-order valence-electron chi connectivity index (χ3n) is 2.67. The molecule has 0 bridgehead atoms. The fraction of sp³-hybridized carbons (Fsp3) is 0.0714. The van der Waals surface area contributed by atoms with E-state index in [1.807, 2.05) is 0 Å². The molecule has 3 nitrogen and oxygen atoms in total. The van der Waals surface area contributed by atoms with Crippen LogP contribution in [0.4, 0.5) is 10.1 Å². The van der Waals surface area contributed by atoms with Crippen molar-refractivity contribution in [2.75, 3.05) is 12.8 Å². The molecule has 0 atom stereocenters. The van der Waals surface area contributed by atoms with Crippen LogP contribution in [-0.4, -0.2) is 12.9 Å². The van der Waals surface area contributed by atoms with Gasteiger partial charge in [-0.2, -0.15) is 0 Å². The van der Waals surface area contributed by atoms with Crippen molar-refractivity contribution in [3.8, 4) is 5.75 Å². The first-order chi connectivity index (χ1) is 9.02. The van der Waals surface area contributed by atoms with E-state index in [1.54, 1.807) is 6.07 Å². The molecule has 0 aliphatic heterocycles. The summed E-state index contributed by atoms with van der Waals surface area (Å²) in [5.74, 6) is -0.911. The largest absolute Gasteiger partial charge is 0.494 e. The van der Waals surface area contributed by atoms with Gasteiger partial charge in [0.25, 0.3) is 0 Å². The monoisotopic (exact) mass is 279 g/mol. The minimum atomic E-state index is -0.603. The summed E-state index contributed by atoms with van der Waals surface area (Å²) in [6, 6.07) is 8.56. The first-order valence-electron chi connectivity index (χ1n) is 5.46. The van der Waals surface area contributed by atoms with E-state index < -0.39 is 5.82 Å². The smallest absolute Gasteiger partial charge is 0.195 e. The first kappa shape index (κ1) is 13.4. The van der Waals surface area contributed by atoms with Crippen molar-refractivity contribution >= 4 is 23.1 Å². The number of carbonyl (C=O) groups excluding carboxylic acids is 1. The number of benzene rings is 2. The Hall–Kier alpha value is -2.07. The zero-order valence-corrected chi connectivity index (χ0v) is 10.9. The molecule has 0 unspecified atom stereocenters. The Morgan fingerprint density at radius 1 is 1.26 bits per heavy atom. The standard InChI is InChI=1S/C14H11ClFNO2/c1-19-13-5-2-8(6-11(13)16)14(18)10-7-9(15)3-4-12(10)17/h2-7H,17H2,1H3. The molecule has 19 heavy (non-hydrogen) atoms. The van der Waals surface area contributed by atoms with E-state index in [9.17, 15) is 9.18 Å². The van der Waals surface area contributed by atoms with Gasteiger partial charge in [0, 0.05) is 21.8 Å². The number of nitrogens with two attached hydrogens (primary N) is 1. The van der Waals surface area contributed by atoms with Crippen molar-refractivity contribution in [1.29, 1.82) is 0 Å². The van der Waals surface area contributed by atoms with Crippen molar-refractivity contribution in [3.05, 3.63) is 58.4 Å². The Kier molecular flexibility index (Phi) is 3.71. The summed E-state index contributed by atoms with van der Waals surface area (Å²) in [7, 11) is 1.36. The number of methoxy groups -OCH3 is 1. The van der Waals surface area contributed by atoms with Gasteiger partial charge in [0.05, 0.1) is 7.11 Å². The van der Waals surface area contributed by atoms with Gasteiger partial charge in [0.2, 0.25) is 0 Å². The molecule has 0 fully saturated rings. The van der Waals surface area contributed by atoms with Crippen LogP contribution in [-0.2, 0) is 0 Å². The average molecular weight is 280 g/mol. The van der Waals surface area contributed by atoms with Crippen molar-refractivity contribution in [2.45, 2.75) is 0 Å². The molecule has 0 saturated carbocycles. The van der Waals surface area contributed by atoms with E-state index in [1.165, 1.54) is 31.4 Å². The molecule has 2 rings (SSSR count). The zero-order valence-electron chi connectivity index (χ0n) is 10.1. The number of rotatable bonds is 3. The van der Waals surface area contributed by atoms with E-state index in [-0.39, 0.29) is 22.7 Å². The third-order valence-corrected chi connectivity index (χ3v) is 2.91. The van der Waals surface area contributed by atoms with E-state index in [2.05, 4.69) is 0 Å². The van der Waals surface area contributed by atoms with E-state index >= 15 is 0 Å². The molecule has 0 radical (unpaired) electrons. The van der Waals surface area contributed by atoms with Gasteiger partial charge in [-0.05, 0) is 36.4 Å². The fourth-order valence-electron chi connectivity index (χ4n) is 1.69. The van der Waals surface area contributed by atoms with Crippen LogP contribution in [0.5, 0.6) is 5.75 Å². The Bertz CT molecular complexity index is 643. The molecular weight excluding hydrogens is 269 g/mol. The number of hydrogen-bond acceptors (Lipinski definition) is 3. The third kappa shape index (κ3) is 2.69. The second kappa shape index (κ2) is 5.28. The highest BCUT2D eigenvalue weighted by Gasteiger charge is 2.15. The molecule has 5 heteroatoms. The Morgan fingerprint density at radius 3 is 2.63 bits per heavy atom. The average Bonchev–Trinajstić information content (AvgIpc) is 2.40. The van der Waals surface area contributed by atoms with Crippen LogP contribution in [0, 0.1) is 5.82 Å². The second-order valence-electron chi connectivity index (χ2n) is 3.91. The summed E-state index contributed by atoms with van der Waals surface area (Å²) >= 11 is 5.83. The van der Waals surface area contributed by atoms with Crippen molar-refractivity contribution in [1.82, 2.24) is 0 Å². The topological polar surface area (TPSA) is 52.3 Å². The minimum absolute atomic E-state index is 0.0793. The molecule has 2 aromatic rings. The van der Waals surface area contributed by atoms with Gasteiger partial charge in [-0.15, -0.1) is 0 Å². The normalized spacial score (nSPS) is 10.3. The lowest BCUT2D eigenvalue weighted by atomic mass is 10.0. The number of ether oxygens (including phenoxy) is 1. The number of carbonyl (C=O) groups is 1. The van der Waals surface area contributed by atoms with Gasteiger partial charge >= 0.3 is 0 Å². The highest BCUT2D eigenvalue weighted by Crippen LogP contribution is 2.24. The first-order valence-corrected chi connectivity index (χ1v) is 5.84. The summed E-state index contributed by atoms with van der Waals surface area (Å²) in [5, 5.41) is 0.395. The fourth-order valence-corrected chi connectivity index (χ4v) is 1.86. The van der Waals surface area contributed by atoms with Crippen LogP contribution in [0.2, 0.25) is 5.02 Å². The molecule has 2 aromatic carbocycles. The molecule has 0 aliphatic carbocycles. The molecule has 0 aromatic heterocycles. The Morgan fingerprint density at radius 2 is 2.00 bits per heavy atom. The van der Waals surface area contributed by atoms with Gasteiger partial charge in [0.1, 0.15) is 0 Å². The van der Waals surface area contributed by atoms with Gasteiger partial charge in [-0.25, -0.2) is 4.39 Å². The maximum absolute atomic E-state index is 13.6. The summed E-state index contributed by atoms with van der Waals surface area (Å²) in [4.78, 5) is 12.2. The van der Waals surface area contributed by atoms with Crippen LogP contribution in [0.1, 0.15) is 15.9 Å². The lowest BCUT2D eigenvalue weighted by molar-refractivity contribution is 0.103. The maximum atomic E-state index is 13.6. The van der Waals surface area contributed by atoms with E-state index in [0.29, 0.717) is 10.7 Å². The summed E-state index contributed by atoms with van der Waals surface area (Å²) in [5.41, 5.74) is 6.46. The van der Waals surface area contributed by atoms with Crippen LogP contribution in [0.25, 0.3) is 0 Å². The van der Waals surface area contributed by atoms with E-state index in [4.69, 9.17) is 22.1 Å². The Labute approximate surface area is 114 Å². The molecule has 0 amide bonds. The molecular formula is C14H11ClFNO2. The number of hydrogen-bond donors (Lipinski definition) is 1. The lowest BCUT2D eigenvalue weighted by Crippen LogP contribution is -2.06. The SMILES string of the molecule is COc1ccc(C(=O)c2cc(Cl)ccc2N)cc1F. The molecule has 0 saturated heterocycles. The predicted molar refractivity (Wildman–Crippen MR) is 72.2 cm³/mol. The molecule has 0 heterocycles. The summed E-state index contributed by atoms with van der Waals surface area (Å²) in [6.07, 6.45) is 0. The van der Waals surface area contributed by atoms with Crippen LogP contribution in [0.15, 0.2) is 36.4 Å². The Balaban J connectivity index is 2.44. The van der Waals surface area contributed by atoms with Crippen molar-refractivity contribution in [3.63, 3.8) is 0 Å². The van der Waals surface area contributed by atoms with Crippen LogP contribution < -0.4 is 10.5 Å². The van der Waals surface area contributed by atoms with E-state index in [0.717, 1.165) is 6.07 Å². The van der Waals surface area contributed by atoms with Crippen LogP contribution >= 0.6 is 11.6 Å². The lowest BCUT2D eigenvalue weighted by Gasteiger charge is -2.07. The summed E-state index contributed by atoms with van der Waals surface area (Å²) in [6.45, 7) is 0. The number of nitrogen functional groups attached to an aromatic ring is 1. The van der Waals surface area contributed by atoms with Gasteiger partial charge in [0.15, 0.2) is 17.3 Å². The maximum Gasteiger partial charge on any atom is 0.195 e. The zero-order chi connectivity index (χ0) is 14.0. The number of anilines is 1.